The van der Waals surface area contributed by atoms with Crippen molar-refractivity contribution in [2.24, 2.45) is 0 Å². The van der Waals surface area contributed by atoms with Crippen molar-refractivity contribution in [3.05, 3.63) is 69.7 Å². The van der Waals surface area contributed by atoms with Gasteiger partial charge in [0.2, 0.25) is 0 Å². The number of anilines is 1. The number of aromatic hydroxyl groups is 1. The van der Waals surface area contributed by atoms with Gasteiger partial charge < -0.3 is 19.7 Å². The Morgan fingerprint density at radius 2 is 1.85 bits per heavy atom. The smallest absolute Gasteiger partial charge is 0.301 e. The Labute approximate surface area is 200 Å². The van der Waals surface area contributed by atoms with Gasteiger partial charge in [-0.3, -0.25) is 14.5 Å². The Morgan fingerprint density at radius 3 is 2.44 bits per heavy atom. The molecule has 0 saturated carbocycles. The van der Waals surface area contributed by atoms with E-state index in [4.69, 9.17) is 9.47 Å². The number of nitrogens with zero attached hydrogens (tertiary/aromatic N) is 2. The molecule has 2 heterocycles. The molecule has 0 spiro atoms. The van der Waals surface area contributed by atoms with Crippen LogP contribution in [0.3, 0.4) is 0 Å². The van der Waals surface area contributed by atoms with Crippen LogP contribution in [-0.2, 0) is 9.59 Å². The number of hydrogen-bond acceptors (Lipinski definition) is 8. The predicted molar refractivity (Wildman–Crippen MR) is 129 cm³/mol. The lowest BCUT2D eigenvalue weighted by atomic mass is 9.95. The fourth-order valence-electron chi connectivity index (χ4n) is 3.80. The second kappa shape index (κ2) is 9.18. The third-order valence-electron chi connectivity index (χ3n) is 5.63. The molecule has 34 heavy (non-hydrogen) atoms. The van der Waals surface area contributed by atoms with Crippen LogP contribution in [0, 0.1) is 13.8 Å². The number of carbonyl (C=O) groups excluding carboxylic acids is 2. The number of aliphatic hydroxyl groups is 1. The Bertz CT molecular complexity index is 1280. The minimum Gasteiger partial charge on any atom is -0.507 e. The highest BCUT2D eigenvalue weighted by atomic mass is 32.1. The second-order valence-electron chi connectivity index (χ2n) is 7.70. The number of ketones is 1. The maximum absolute atomic E-state index is 13.2. The highest BCUT2D eigenvalue weighted by Gasteiger charge is 2.48. The van der Waals surface area contributed by atoms with Crippen molar-refractivity contribution in [1.82, 2.24) is 4.98 Å². The summed E-state index contributed by atoms with van der Waals surface area (Å²) >= 11 is 1.29. The molecule has 1 aromatic heterocycles. The van der Waals surface area contributed by atoms with E-state index in [0.717, 1.165) is 10.6 Å². The second-order valence-corrected chi connectivity index (χ2v) is 8.88. The van der Waals surface area contributed by atoms with Gasteiger partial charge in [0, 0.05) is 10.4 Å². The van der Waals surface area contributed by atoms with Crippen molar-refractivity contribution in [3.8, 4) is 17.2 Å². The molecule has 176 valence electrons. The molecular weight excluding hydrogens is 456 g/mol. The summed E-state index contributed by atoms with van der Waals surface area (Å²) in [6.45, 7) is 6.06. The van der Waals surface area contributed by atoms with Crippen LogP contribution in [0.1, 0.15) is 34.7 Å². The number of phenols is 1. The summed E-state index contributed by atoms with van der Waals surface area (Å²) in [4.78, 5) is 33.1. The van der Waals surface area contributed by atoms with Crippen LogP contribution in [0.2, 0.25) is 0 Å². The monoisotopic (exact) mass is 480 g/mol. The maximum Gasteiger partial charge on any atom is 0.301 e. The molecule has 1 aliphatic heterocycles. The molecule has 1 fully saturated rings. The molecule has 1 atom stereocenters. The normalized spacial score (nSPS) is 17.3. The Morgan fingerprint density at radius 1 is 1.15 bits per heavy atom. The van der Waals surface area contributed by atoms with E-state index in [2.05, 4.69) is 4.98 Å². The molecule has 2 N–H and O–H groups in total. The van der Waals surface area contributed by atoms with Crippen LogP contribution in [0.5, 0.6) is 17.2 Å². The minimum atomic E-state index is -0.967. The average Bonchev–Trinajstić information content (AvgIpc) is 3.29. The van der Waals surface area contributed by atoms with Gasteiger partial charge in [0.1, 0.15) is 11.5 Å². The van der Waals surface area contributed by atoms with Gasteiger partial charge in [-0.25, -0.2) is 4.98 Å². The van der Waals surface area contributed by atoms with Crippen LogP contribution in [0.25, 0.3) is 5.76 Å². The number of Topliss-reactive ketones (excluding diaryl/α,β-unsaturated/α-hetero) is 1. The number of aliphatic hydroxyl groups excluding tert-OH is 1. The summed E-state index contributed by atoms with van der Waals surface area (Å²) in [5.74, 6) is -1.22. The number of aryl methyl sites for hydroxylation is 2. The third kappa shape index (κ3) is 3.99. The van der Waals surface area contributed by atoms with E-state index in [1.165, 1.54) is 35.5 Å². The van der Waals surface area contributed by atoms with E-state index >= 15 is 0 Å². The molecule has 1 unspecified atom stereocenters. The zero-order chi connectivity index (χ0) is 24.6. The first-order chi connectivity index (χ1) is 16.3. The van der Waals surface area contributed by atoms with Gasteiger partial charge in [0.15, 0.2) is 16.6 Å². The van der Waals surface area contributed by atoms with E-state index < -0.39 is 17.7 Å². The molecule has 1 aliphatic rings. The molecule has 1 amide bonds. The lowest BCUT2D eigenvalue weighted by Crippen LogP contribution is -2.29. The zero-order valence-corrected chi connectivity index (χ0v) is 20.0. The van der Waals surface area contributed by atoms with Crippen molar-refractivity contribution >= 4 is 33.9 Å². The van der Waals surface area contributed by atoms with E-state index in [0.29, 0.717) is 28.6 Å². The van der Waals surface area contributed by atoms with Crippen molar-refractivity contribution < 1.29 is 29.3 Å². The van der Waals surface area contributed by atoms with Gasteiger partial charge in [-0.15, -0.1) is 11.3 Å². The highest BCUT2D eigenvalue weighted by molar-refractivity contribution is 7.16. The quantitative estimate of drug-likeness (QED) is 0.304. The summed E-state index contributed by atoms with van der Waals surface area (Å²) in [5.41, 5.74) is 1.51. The van der Waals surface area contributed by atoms with E-state index in [1.807, 2.05) is 20.8 Å². The Kier molecular flexibility index (Phi) is 6.30. The van der Waals surface area contributed by atoms with E-state index in [1.54, 1.807) is 30.3 Å². The molecular formula is C25H24N2O6S. The average molecular weight is 481 g/mol. The standard InChI is InChI=1S/C25H24N2O6S/c1-5-33-17-9-6-15(7-10-17)22(29)20-21(16-8-11-18(28)19(12-16)32-4)27(24(31)23(20)30)25-26-13(2)14(3)34-25/h6-12,21,28-29H,5H2,1-4H3. The molecule has 0 aliphatic carbocycles. The first kappa shape index (κ1) is 23.3. The van der Waals surface area contributed by atoms with Gasteiger partial charge in [0.05, 0.1) is 31.0 Å². The molecule has 2 aromatic carbocycles. The Balaban J connectivity index is 1.92. The number of rotatable bonds is 6. The van der Waals surface area contributed by atoms with Gasteiger partial charge in [0.25, 0.3) is 5.78 Å². The lowest BCUT2D eigenvalue weighted by Gasteiger charge is -2.23. The molecule has 1 saturated heterocycles. The summed E-state index contributed by atoms with van der Waals surface area (Å²) < 4.78 is 10.7. The first-order valence-electron chi connectivity index (χ1n) is 10.6. The summed E-state index contributed by atoms with van der Waals surface area (Å²) in [6, 6.07) is 10.2. The zero-order valence-electron chi connectivity index (χ0n) is 19.2. The number of methoxy groups -OCH3 is 1. The lowest BCUT2D eigenvalue weighted by molar-refractivity contribution is -0.132. The van der Waals surface area contributed by atoms with Gasteiger partial charge >= 0.3 is 5.91 Å². The van der Waals surface area contributed by atoms with Crippen molar-refractivity contribution in [2.45, 2.75) is 26.8 Å². The van der Waals surface area contributed by atoms with Crippen LogP contribution in [0.15, 0.2) is 48.0 Å². The van der Waals surface area contributed by atoms with Gasteiger partial charge in [-0.05, 0) is 62.7 Å². The number of thiazole rings is 1. The molecule has 8 nitrogen and oxygen atoms in total. The first-order valence-corrected chi connectivity index (χ1v) is 11.4. The maximum atomic E-state index is 13.2. The molecule has 0 bridgehead atoms. The van der Waals surface area contributed by atoms with Crippen molar-refractivity contribution in [2.75, 3.05) is 18.6 Å². The van der Waals surface area contributed by atoms with E-state index in [9.17, 15) is 19.8 Å². The molecule has 0 radical (unpaired) electrons. The van der Waals surface area contributed by atoms with E-state index in [-0.39, 0.29) is 22.8 Å². The number of benzene rings is 2. The number of hydrogen-bond donors (Lipinski definition) is 2. The van der Waals surface area contributed by atoms with Crippen molar-refractivity contribution in [1.29, 1.82) is 0 Å². The number of phenolic OH excluding ortho intramolecular Hbond substituents is 1. The third-order valence-corrected chi connectivity index (χ3v) is 6.70. The largest absolute Gasteiger partial charge is 0.507 e. The van der Waals surface area contributed by atoms with Crippen LogP contribution in [0.4, 0.5) is 5.13 Å². The van der Waals surface area contributed by atoms with Crippen LogP contribution < -0.4 is 14.4 Å². The fraction of sp³-hybridized carbons (Fsp3) is 0.240. The summed E-state index contributed by atoms with van der Waals surface area (Å²) in [6.07, 6.45) is 0. The summed E-state index contributed by atoms with van der Waals surface area (Å²) in [5, 5.41) is 21.6. The molecule has 3 aromatic rings. The topological polar surface area (TPSA) is 109 Å². The van der Waals surface area contributed by atoms with Crippen LogP contribution >= 0.6 is 11.3 Å². The van der Waals surface area contributed by atoms with Crippen LogP contribution in [-0.4, -0.2) is 40.6 Å². The predicted octanol–water partition coefficient (Wildman–Crippen LogP) is 4.50. The molecule has 9 heteroatoms. The summed E-state index contributed by atoms with van der Waals surface area (Å²) in [7, 11) is 1.41. The number of amides is 1. The molecule has 4 rings (SSSR count). The number of ether oxygens (including phenoxy) is 2. The van der Waals surface area contributed by atoms with Crippen molar-refractivity contribution in [3.63, 3.8) is 0 Å². The minimum absolute atomic E-state index is 0.0765. The fourth-order valence-corrected chi connectivity index (χ4v) is 4.74. The van der Waals surface area contributed by atoms with Gasteiger partial charge in [-0.1, -0.05) is 6.07 Å². The van der Waals surface area contributed by atoms with Gasteiger partial charge in [-0.2, -0.15) is 0 Å². The number of carbonyl (C=O) groups is 2. The highest BCUT2D eigenvalue weighted by Crippen LogP contribution is 2.45. The SMILES string of the molecule is CCOc1ccc(C(O)=C2C(=O)C(=O)N(c3nc(C)c(C)s3)C2c2ccc(O)c(OC)c2)cc1. The number of aromatic nitrogens is 1. The Hall–Kier alpha value is -3.85.